The monoisotopic (exact) mass is 239 g/mol. The molecule has 94 valence electrons. The van der Waals surface area contributed by atoms with Crippen molar-refractivity contribution in [1.82, 2.24) is 5.48 Å². The number of nitrogens with one attached hydrogen (secondary N) is 1. The second-order valence-corrected chi connectivity index (χ2v) is 4.80. The Morgan fingerprint density at radius 3 is 2.56 bits per heavy atom. The quantitative estimate of drug-likeness (QED) is 0.768. The molecule has 1 rings (SSSR count). The predicted octanol–water partition coefficient (Wildman–Crippen LogP) is 2.42. The van der Waals surface area contributed by atoms with Gasteiger partial charge in [0.25, 0.3) is 0 Å². The van der Waals surface area contributed by atoms with Gasteiger partial charge in [0, 0.05) is 5.92 Å². The molecule has 0 spiro atoms. The van der Waals surface area contributed by atoms with Crippen molar-refractivity contribution in [3.63, 3.8) is 0 Å². The van der Waals surface area contributed by atoms with Crippen molar-refractivity contribution < 1.29 is 22.8 Å². The van der Waals surface area contributed by atoms with Gasteiger partial charge in [0.2, 0.25) is 5.91 Å². The summed E-state index contributed by atoms with van der Waals surface area (Å²) in [5.41, 5.74) is 1.72. The molecule has 0 bridgehead atoms. The number of hydrogen-bond acceptors (Lipinski definition) is 2. The van der Waals surface area contributed by atoms with E-state index in [1.54, 1.807) is 0 Å². The number of rotatable bonds is 3. The molecular weight excluding hydrogens is 223 g/mol. The third kappa shape index (κ3) is 3.66. The first-order chi connectivity index (χ1) is 7.22. The molecule has 1 unspecified atom stereocenters. The van der Waals surface area contributed by atoms with Crippen molar-refractivity contribution >= 4 is 5.91 Å². The van der Waals surface area contributed by atoms with Gasteiger partial charge in [0.15, 0.2) is 6.61 Å². The Morgan fingerprint density at radius 2 is 2.12 bits per heavy atom. The minimum atomic E-state index is -4.42. The second kappa shape index (κ2) is 4.61. The molecule has 1 aliphatic carbocycles. The van der Waals surface area contributed by atoms with Gasteiger partial charge in [-0.15, -0.1) is 0 Å². The molecule has 0 aliphatic heterocycles. The van der Waals surface area contributed by atoms with E-state index in [0.29, 0.717) is 6.42 Å². The van der Waals surface area contributed by atoms with Crippen LogP contribution in [-0.2, 0) is 9.63 Å². The van der Waals surface area contributed by atoms with Gasteiger partial charge >= 0.3 is 6.18 Å². The van der Waals surface area contributed by atoms with Crippen LogP contribution in [0.1, 0.15) is 33.1 Å². The van der Waals surface area contributed by atoms with Crippen LogP contribution in [0.4, 0.5) is 13.2 Å². The highest BCUT2D eigenvalue weighted by Gasteiger charge is 2.39. The number of alkyl halides is 3. The highest BCUT2D eigenvalue weighted by Crippen LogP contribution is 2.42. The van der Waals surface area contributed by atoms with Crippen molar-refractivity contribution in [2.45, 2.75) is 39.3 Å². The summed E-state index contributed by atoms with van der Waals surface area (Å²) in [6.45, 7) is 2.42. The molecule has 1 saturated carbocycles. The Hall–Kier alpha value is -0.780. The zero-order valence-corrected chi connectivity index (χ0v) is 9.36. The van der Waals surface area contributed by atoms with E-state index < -0.39 is 18.7 Å². The maximum absolute atomic E-state index is 11.8. The van der Waals surface area contributed by atoms with Crippen LogP contribution < -0.4 is 5.48 Å². The topological polar surface area (TPSA) is 38.3 Å². The molecule has 1 fully saturated rings. The second-order valence-electron chi connectivity index (χ2n) is 4.80. The maximum atomic E-state index is 11.8. The van der Waals surface area contributed by atoms with Gasteiger partial charge < -0.3 is 0 Å². The van der Waals surface area contributed by atoms with E-state index in [0.717, 1.165) is 12.8 Å². The van der Waals surface area contributed by atoms with E-state index in [1.165, 1.54) is 0 Å². The van der Waals surface area contributed by atoms with Crippen LogP contribution in [0.2, 0.25) is 0 Å². The molecule has 1 N–H and O–H groups in total. The number of halogens is 3. The van der Waals surface area contributed by atoms with E-state index >= 15 is 0 Å². The van der Waals surface area contributed by atoms with Crippen LogP contribution in [-0.4, -0.2) is 18.7 Å². The fourth-order valence-corrected chi connectivity index (χ4v) is 2.07. The van der Waals surface area contributed by atoms with E-state index in [2.05, 4.69) is 4.84 Å². The van der Waals surface area contributed by atoms with Crippen LogP contribution in [0, 0.1) is 11.3 Å². The van der Waals surface area contributed by atoms with E-state index in [-0.39, 0.29) is 11.3 Å². The van der Waals surface area contributed by atoms with E-state index in [1.807, 2.05) is 19.3 Å². The lowest BCUT2D eigenvalue weighted by molar-refractivity contribution is -0.193. The van der Waals surface area contributed by atoms with Gasteiger partial charge in [-0.2, -0.15) is 13.2 Å². The van der Waals surface area contributed by atoms with Gasteiger partial charge in [0.05, 0.1) is 0 Å². The summed E-state index contributed by atoms with van der Waals surface area (Å²) in [6.07, 6.45) is -1.89. The largest absolute Gasteiger partial charge is 0.414 e. The molecule has 1 atom stereocenters. The summed E-state index contributed by atoms with van der Waals surface area (Å²) in [5, 5.41) is 0. The molecule has 1 amide bonds. The van der Waals surface area contributed by atoms with Gasteiger partial charge in [-0.05, 0) is 18.3 Å². The van der Waals surface area contributed by atoms with Gasteiger partial charge in [0.1, 0.15) is 0 Å². The molecule has 6 heteroatoms. The van der Waals surface area contributed by atoms with Gasteiger partial charge in [-0.1, -0.05) is 20.3 Å². The van der Waals surface area contributed by atoms with Crippen LogP contribution in [0.25, 0.3) is 0 Å². The van der Waals surface area contributed by atoms with Crippen LogP contribution in [0.5, 0.6) is 0 Å². The molecule has 0 aromatic carbocycles. The molecule has 0 aromatic rings. The lowest BCUT2D eigenvalue weighted by atomic mass is 9.81. The number of hydroxylamine groups is 1. The molecular formula is C10H16F3NO2. The summed E-state index contributed by atoms with van der Waals surface area (Å²) in [5.74, 6) is -0.715. The Morgan fingerprint density at radius 1 is 1.50 bits per heavy atom. The average Bonchev–Trinajstić information content (AvgIpc) is 2.42. The third-order valence-electron chi connectivity index (χ3n) is 2.98. The van der Waals surface area contributed by atoms with Crippen LogP contribution in [0.15, 0.2) is 0 Å². The van der Waals surface area contributed by atoms with Crippen molar-refractivity contribution in [3.8, 4) is 0 Å². The number of hydrogen-bond donors (Lipinski definition) is 1. The van der Waals surface area contributed by atoms with E-state index in [4.69, 9.17) is 0 Å². The van der Waals surface area contributed by atoms with Crippen molar-refractivity contribution in [3.05, 3.63) is 0 Å². The minimum absolute atomic E-state index is 0.161. The van der Waals surface area contributed by atoms with Crippen LogP contribution >= 0.6 is 0 Å². The number of carbonyl (C=O) groups is 1. The predicted molar refractivity (Wildman–Crippen MR) is 51.3 cm³/mol. The number of amides is 1. The summed E-state index contributed by atoms with van der Waals surface area (Å²) in [6, 6.07) is 0. The number of carbonyl (C=O) groups excluding carboxylic acids is 1. The molecule has 16 heavy (non-hydrogen) atoms. The zero-order chi connectivity index (χ0) is 12.4. The first-order valence-electron chi connectivity index (χ1n) is 5.21. The summed E-state index contributed by atoms with van der Waals surface area (Å²) in [7, 11) is 0. The van der Waals surface area contributed by atoms with Crippen molar-refractivity contribution in [2.75, 3.05) is 6.61 Å². The SMILES string of the molecule is CC1(C)CCCC1C(=O)NOCC(F)(F)F. The molecule has 0 saturated heterocycles. The molecule has 0 heterocycles. The molecule has 0 radical (unpaired) electrons. The smallest absolute Gasteiger partial charge is 0.272 e. The first-order valence-corrected chi connectivity index (χ1v) is 5.21. The fraction of sp³-hybridized carbons (Fsp3) is 0.900. The van der Waals surface area contributed by atoms with Crippen molar-refractivity contribution in [2.24, 2.45) is 11.3 Å². The zero-order valence-electron chi connectivity index (χ0n) is 9.36. The molecule has 0 aromatic heterocycles. The summed E-state index contributed by atoms with van der Waals surface area (Å²) in [4.78, 5) is 15.7. The highest BCUT2D eigenvalue weighted by molar-refractivity contribution is 5.78. The Kier molecular flexibility index (Phi) is 3.83. The van der Waals surface area contributed by atoms with Gasteiger partial charge in [-0.25, -0.2) is 5.48 Å². The Bertz CT molecular complexity index is 263. The fourth-order valence-electron chi connectivity index (χ4n) is 2.07. The third-order valence-corrected chi connectivity index (χ3v) is 2.98. The first kappa shape index (κ1) is 13.3. The normalized spacial score (nSPS) is 24.4. The van der Waals surface area contributed by atoms with Crippen molar-refractivity contribution in [1.29, 1.82) is 0 Å². The summed E-state index contributed by atoms with van der Waals surface area (Å²) < 4.78 is 35.3. The maximum Gasteiger partial charge on any atom is 0.414 e. The standard InChI is InChI=1S/C10H16F3NO2/c1-9(2)5-3-4-7(9)8(15)14-16-6-10(11,12)13/h7H,3-6H2,1-2H3,(H,14,15). The van der Waals surface area contributed by atoms with E-state index in [9.17, 15) is 18.0 Å². The average molecular weight is 239 g/mol. The Labute approximate surface area is 92.3 Å². The van der Waals surface area contributed by atoms with Gasteiger partial charge in [-0.3, -0.25) is 9.63 Å². The van der Waals surface area contributed by atoms with Crippen LogP contribution in [0.3, 0.4) is 0 Å². The molecule has 3 nitrogen and oxygen atoms in total. The molecule has 1 aliphatic rings. The lowest BCUT2D eigenvalue weighted by Crippen LogP contribution is -2.38. The minimum Gasteiger partial charge on any atom is -0.272 e. The lowest BCUT2D eigenvalue weighted by Gasteiger charge is -2.25. The highest BCUT2D eigenvalue weighted by atomic mass is 19.4. The summed E-state index contributed by atoms with van der Waals surface area (Å²) >= 11 is 0. The Balaban J connectivity index is 2.36.